The monoisotopic (exact) mass is 257 g/mol. The van der Waals surface area contributed by atoms with Crippen LogP contribution in [-0.2, 0) is 6.54 Å². The zero-order chi connectivity index (χ0) is 13.8. The molecule has 2 aromatic rings. The van der Waals surface area contributed by atoms with Crippen LogP contribution in [0.1, 0.15) is 29.7 Å². The quantitative estimate of drug-likeness (QED) is 0.737. The SMILES string of the molecule is Cc1ccc([C@H](C)NCc2cccc(O)c2O)cc1. The number of aryl methyl sites for hydroxylation is 1. The van der Waals surface area contributed by atoms with E-state index in [0.29, 0.717) is 12.1 Å². The Kier molecular flexibility index (Phi) is 4.07. The molecule has 0 spiro atoms. The fraction of sp³-hybridized carbons (Fsp3) is 0.250. The summed E-state index contributed by atoms with van der Waals surface area (Å²) in [6.45, 7) is 4.65. The van der Waals surface area contributed by atoms with Gasteiger partial charge < -0.3 is 15.5 Å². The van der Waals surface area contributed by atoms with E-state index in [4.69, 9.17) is 0 Å². The van der Waals surface area contributed by atoms with Crippen LogP contribution in [0, 0.1) is 6.92 Å². The molecule has 0 aromatic heterocycles. The average molecular weight is 257 g/mol. The number of phenolic OH excluding ortho intramolecular Hbond substituents is 2. The van der Waals surface area contributed by atoms with Gasteiger partial charge in [-0.25, -0.2) is 0 Å². The Bertz CT molecular complexity index is 549. The van der Waals surface area contributed by atoms with E-state index in [1.807, 2.05) is 0 Å². The third kappa shape index (κ3) is 3.26. The summed E-state index contributed by atoms with van der Waals surface area (Å²) in [7, 11) is 0. The molecular formula is C16H19NO2. The minimum Gasteiger partial charge on any atom is -0.504 e. The third-order valence-electron chi connectivity index (χ3n) is 3.27. The molecule has 0 bridgehead atoms. The van der Waals surface area contributed by atoms with Gasteiger partial charge in [-0.3, -0.25) is 0 Å². The Morgan fingerprint density at radius 3 is 2.42 bits per heavy atom. The molecule has 0 aliphatic heterocycles. The molecule has 3 nitrogen and oxygen atoms in total. The summed E-state index contributed by atoms with van der Waals surface area (Å²) in [6.07, 6.45) is 0. The van der Waals surface area contributed by atoms with Crippen molar-refractivity contribution < 1.29 is 10.2 Å². The molecule has 2 rings (SSSR count). The summed E-state index contributed by atoms with van der Waals surface area (Å²) >= 11 is 0. The van der Waals surface area contributed by atoms with Crippen molar-refractivity contribution >= 4 is 0 Å². The van der Waals surface area contributed by atoms with Crippen molar-refractivity contribution in [1.29, 1.82) is 0 Å². The molecule has 0 aliphatic rings. The normalized spacial score (nSPS) is 12.3. The highest BCUT2D eigenvalue weighted by Gasteiger charge is 2.08. The second-order valence-corrected chi connectivity index (χ2v) is 4.80. The van der Waals surface area contributed by atoms with E-state index in [-0.39, 0.29) is 17.5 Å². The van der Waals surface area contributed by atoms with Crippen LogP contribution in [-0.4, -0.2) is 10.2 Å². The number of benzene rings is 2. The molecule has 3 heteroatoms. The maximum Gasteiger partial charge on any atom is 0.161 e. The predicted molar refractivity (Wildman–Crippen MR) is 76.2 cm³/mol. The first-order valence-corrected chi connectivity index (χ1v) is 6.37. The Hall–Kier alpha value is -2.00. The first kappa shape index (κ1) is 13.4. The minimum absolute atomic E-state index is 0.0499. The Labute approximate surface area is 113 Å². The fourth-order valence-corrected chi connectivity index (χ4v) is 1.96. The van der Waals surface area contributed by atoms with Crippen LogP contribution in [0.2, 0.25) is 0 Å². The second kappa shape index (κ2) is 5.76. The molecule has 0 saturated carbocycles. The average Bonchev–Trinajstić information content (AvgIpc) is 2.41. The molecule has 1 atom stereocenters. The topological polar surface area (TPSA) is 52.5 Å². The van der Waals surface area contributed by atoms with Crippen molar-refractivity contribution in [2.75, 3.05) is 0 Å². The van der Waals surface area contributed by atoms with Gasteiger partial charge in [-0.1, -0.05) is 42.0 Å². The van der Waals surface area contributed by atoms with E-state index in [1.54, 1.807) is 12.1 Å². The maximum absolute atomic E-state index is 9.73. The lowest BCUT2D eigenvalue weighted by Gasteiger charge is -2.15. The number of hydrogen-bond donors (Lipinski definition) is 3. The molecule has 0 amide bonds. The van der Waals surface area contributed by atoms with Crippen molar-refractivity contribution in [3.05, 3.63) is 59.2 Å². The first-order valence-electron chi connectivity index (χ1n) is 6.37. The molecular weight excluding hydrogens is 238 g/mol. The maximum atomic E-state index is 9.73. The highest BCUT2D eigenvalue weighted by Crippen LogP contribution is 2.28. The number of para-hydroxylation sites is 1. The van der Waals surface area contributed by atoms with Gasteiger partial charge in [-0.05, 0) is 25.5 Å². The van der Waals surface area contributed by atoms with E-state index in [0.717, 1.165) is 0 Å². The van der Waals surface area contributed by atoms with Crippen molar-refractivity contribution in [2.45, 2.75) is 26.4 Å². The standard InChI is InChI=1S/C16H19NO2/c1-11-6-8-13(9-7-11)12(2)17-10-14-4-3-5-15(18)16(14)19/h3-9,12,17-19H,10H2,1-2H3/t12-/m0/s1. The van der Waals surface area contributed by atoms with Gasteiger partial charge in [0.15, 0.2) is 11.5 Å². The van der Waals surface area contributed by atoms with E-state index in [9.17, 15) is 10.2 Å². The number of rotatable bonds is 4. The van der Waals surface area contributed by atoms with E-state index in [2.05, 4.69) is 43.4 Å². The molecule has 19 heavy (non-hydrogen) atoms. The van der Waals surface area contributed by atoms with Crippen LogP contribution in [0.3, 0.4) is 0 Å². The predicted octanol–water partition coefficient (Wildman–Crippen LogP) is 3.26. The molecule has 0 aliphatic carbocycles. The number of hydrogen-bond acceptors (Lipinski definition) is 3. The van der Waals surface area contributed by atoms with Gasteiger partial charge in [-0.15, -0.1) is 0 Å². The summed E-state index contributed by atoms with van der Waals surface area (Å²) in [6, 6.07) is 13.5. The summed E-state index contributed by atoms with van der Waals surface area (Å²) in [4.78, 5) is 0. The zero-order valence-electron chi connectivity index (χ0n) is 11.2. The van der Waals surface area contributed by atoms with Gasteiger partial charge in [-0.2, -0.15) is 0 Å². The largest absolute Gasteiger partial charge is 0.504 e. The summed E-state index contributed by atoms with van der Waals surface area (Å²) in [5.74, 6) is -0.131. The molecule has 0 fully saturated rings. The summed E-state index contributed by atoms with van der Waals surface area (Å²) < 4.78 is 0. The van der Waals surface area contributed by atoms with Crippen LogP contribution in [0.25, 0.3) is 0 Å². The molecule has 0 radical (unpaired) electrons. The number of nitrogens with one attached hydrogen (secondary N) is 1. The number of aromatic hydroxyl groups is 2. The highest BCUT2D eigenvalue weighted by atomic mass is 16.3. The lowest BCUT2D eigenvalue weighted by atomic mass is 10.1. The van der Waals surface area contributed by atoms with Crippen molar-refractivity contribution in [2.24, 2.45) is 0 Å². The van der Waals surface area contributed by atoms with Gasteiger partial charge in [0, 0.05) is 18.2 Å². The Morgan fingerprint density at radius 2 is 1.74 bits per heavy atom. The van der Waals surface area contributed by atoms with Crippen molar-refractivity contribution in [3.8, 4) is 11.5 Å². The van der Waals surface area contributed by atoms with Crippen LogP contribution in [0.15, 0.2) is 42.5 Å². The summed E-state index contributed by atoms with van der Waals surface area (Å²) in [5, 5.41) is 22.5. The lowest BCUT2D eigenvalue weighted by Crippen LogP contribution is -2.18. The van der Waals surface area contributed by atoms with E-state index >= 15 is 0 Å². The Balaban J connectivity index is 2.02. The van der Waals surface area contributed by atoms with Gasteiger partial charge in [0.1, 0.15) is 0 Å². The van der Waals surface area contributed by atoms with Crippen LogP contribution in [0.4, 0.5) is 0 Å². The third-order valence-corrected chi connectivity index (χ3v) is 3.27. The molecule has 100 valence electrons. The fourth-order valence-electron chi connectivity index (χ4n) is 1.96. The smallest absolute Gasteiger partial charge is 0.161 e. The van der Waals surface area contributed by atoms with Gasteiger partial charge in [0.25, 0.3) is 0 Å². The van der Waals surface area contributed by atoms with Gasteiger partial charge >= 0.3 is 0 Å². The van der Waals surface area contributed by atoms with Crippen molar-refractivity contribution in [1.82, 2.24) is 5.32 Å². The summed E-state index contributed by atoms with van der Waals surface area (Å²) in [5.41, 5.74) is 3.13. The zero-order valence-corrected chi connectivity index (χ0v) is 11.2. The van der Waals surface area contributed by atoms with Crippen LogP contribution < -0.4 is 5.32 Å². The first-order chi connectivity index (χ1) is 9.08. The van der Waals surface area contributed by atoms with Crippen LogP contribution in [0.5, 0.6) is 11.5 Å². The minimum atomic E-state index is -0.0812. The van der Waals surface area contributed by atoms with E-state index in [1.165, 1.54) is 17.2 Å². The molecule has 0 saturated heterocycles. The van der Waals surface area contributed by atoms with Gasteiger partial charge in [0.05, 0.1) is 0 Å². The van der Waals surface area contributed by atoms with Crippen molar-refractivity contribution in [3.63, 3.8) is 0 Å². The highest BCUT2D eigenvalue weighted by molar-refractivity contribution is 5.44. The van der Waals surface area contributed by atoms with E-state index < -0.39 is 0 Å². The molecule has 2 aromatic carbocycles. The van der Waals surface area contributed by atoms with Crippen LogP contribution >= 0.6 is 0 Å². The molecule has 3 N–H and O–H groups in total. The van der Waals surface area contributed by atoms with Gasteiger partial charge in [0.2, 0.25) is 0 Å². The second-order valence-electron chi connectivity index (χ2n) is 4.80. The number of phenols is 2. The lowest BCUT2D eigenvalue weighted by molar-refractivity contribution is 0.396. The molecule has 0 unspecified atom stereocenters. The Morgan fingerprint density at radius 1 is 1.05 bits per heavy atom. The molecule has 0 heterocycles.